The second kappa shape index (κ2) is 7.18. The average Bonchev–Trinajstić information content (AvgIpc) is 3.04. The molecule has 0 unspecified atom stereocenters. The number of anilines is 3. The van der Waals surface area contributed by atoms with Gasteiger partial charge in [0.25, 0.3) is 5.91 Å². The van der Waals surface area contributed by atoms with Crippen molar-refractivity contribution >= 4 is 29.1 Å². The highest BCUT2D eigenvalue weighted by molar-refractivity contribution is 6.04. The normalized spacial score (nSPS) is 14.3. The van der Waals surface area contributed by atoms with Gasteiger partial charge in [-0.15, -0.1) is 0 Å². The Bertz CT molecular complexity index is 735. The smallest absolute Gasteiger partial charge is 0.291 e. The van der Waals surface area contributed by atoms with Gasteiger partial charge in [0.1, 0.15) is 0 Å². The minimum atomic E-state index is -0.368. The highest BCUT2D eigenvalue weighted by atomic mass is 16.5. The number of nitrogens with zero attached hydrogens (tertiary/aromatic N) is 1. The van der Waals surface area contributed by atoms with Crippen LogP contribution in [0.1, 0.15) is 17.5 Å². The fourth-order valence-electron chi connectivity index (χ4n) is 2.54. The third kappa shape index (κ3) is 3.75. The molecule has 0 saturated carbocycles. The predicted molar refractivity (Wildman–Crippen MR) is 90.4 cm³/mol. The summed E-state index contributed by atoms with van der Waals surface area (Å²) in [5.41, 5.74) is 1.66. The van der Waals surface area contributed by atoms with Crippen molar-refractivity contribution in [2.24, 2.45) is 0 Å². The Morgan fingerprint density at radius 2 is 1.79 bits per heavy atom. The van der Waals surface area contributed by atoms with Crippen molar-refractivity contribution in [1.29, 1.82) is 0 Å². The molecule has 126 valence electrons. The molecular formula is C17H19N3O4. The second-order valence-corrected chi connectivity index (χ2v) is 5.42. The Kier molecular flexibility index (Phi) is 4.81. The van der Waals surface area contributed by atoms with E-state index in [0.29, 0.717) is 18.9 Å². The number of carbonyl (C=O) groups excluding carboxylic acids is 2. The zero-order valence-electron chi connectivity index (χ0n) is 13.4. The SMILES string of the molecule is CC(=O)Nc1ccc(C(=O)Nc2ccccc2N2CCOCC2)o1. The van der Waals surface area contributed by atoms with Gasteiger partial charge < -0.3 is 19.4 Å². The first-order chi connectivity index (χ1) is 11.6. The molecule has 2 N–H and O–H groups in total. The van der Waals surface area contributed by atoms with Crippen LogP contribution in [-0.4, -0.2) is 38.1 Å². The van der Waals surface area contributed by atoms with Gasteiger partial charge in [-0.1, -0.05) is 12.1 Å². The zero-order valence-corrected chi connectivity index (χ0v) is 13.4. The molecule has 2 aromatic rings. The zero-order chi connectivity index (χ0) is 16.9. The number of morpholine rings is 1. The van der Waals surface area contributed by atoms with E-state index >= 15 is 0 Å². The fraction of sp³-hybridized carbons (Fsp3) is 0.294. The summed E-state index contributed by atoms with van der Waals surface area (Å²) < 4.78 is 10.7. The van der Waals surface area contributed by atoms with Crippen molar-refractivity contribution in [3.63, 3.8) is 0 Å². The molecule has 1 aliphatic heterocycles. The van der Waals surface area contributed by atoms with Gasteiger partial charge in [0.2, 0.25) is 5.91 Å². The van der Waals surface area contributed by atoms with Crippen LogP contribution in [0.25, 0.3) is 0 Å². The Morgan fingerprint density at radius 1 is 1.04 bits per heavy atom. The molecule has 1 aromatic heterocycles. The van der Waals surface area contributed by atoms with Gasteiger partial charge in [0, 0.05) is 26.1 Å². The molecule has 3 rings (SSSR count). The first-order valence-corrected chi connectivity index (χ1v) is 7.74. The number of nitrogens with one attached hydrogen (secondary N) is 2. The number of ether oxygens (including phenoxy) is 1. The highest BCUT2D eigenvalue weighted by Crippen LogP contribution is 2.27. The van der Waals surface area contributed by atoms with Gasteiger partial charge in [-0.3, -0.25) is 14.9 Å². The maximum absolute atomic E-state index is 12.4. The minimum absolute atomic E-state index is 0.135. The first kappa shape index (κ1) is 16.1. The van der Waals surface area contributed by atoms with Gasteiger partial charge in [-0.05, 0) is 18.2 Å². The van der Waals surface area contributed by atoms with Gasteiger partial charge >= 0.3 is 0 Å². The first-order valence-electron chi connectivity index (χ1n) is 7.74. The molecule has 0 radical (unpaired) electrons. The Hall–Kier alpha value is -2.80. The number of rotatable bonds is 4. The molecule has 1 aliphatic rings. The summed E-state index contributed by atoms with van der Waals surface area (Å²) in [7, 11) is 0. The maximum atomic E-state index is 12.4. The molecule has 7 heteroatoms. The summed E-state index contributed by atoms with van der Waals surface area (Å²) in [6.07, 6.45) is 0. The van der Waals surface area contributed by atoms with E-state index in [9.17, 15) is 9.59 Å². The third-order valence-corrected chi connectivity index (χ3v) is 3.63. The van der Waals surface area contributed by atoms with Crippen LogP contribution in [0.15, 0.2) is 40.8 Å². The van der Waals surface area contributed by atoms with E-state index in [-0.39, 0.29) is 23.5 Å². The van der Waals surface area contributed by atoms with Crippen LogP contribution in [0, 0.1) is 0 Å². The fourth-order valence-corrected chi connectivity index (χ4v) is 2.54. The largest absolute Gasteiger partial charge is 0.435 e. The molecule has 0 bridgehead atoms. The second-order valence-electron chi connectivity index (χ2n) is 5.42. The van der Waals surface area contributed by atoms with E-state index in [1.165, 1.54) is 13.0 Å². The molecule has 1 aromatic carbocycles. The third-order valence-electron chi connectivity index (χ3n) is 3.63. The van der Waals surface area contributed by atoms with E-state index in [4.69, 9.17) is 9.15 Å². The van der Waals surface area contributed by atoms with Crippen LogP contribution in [0.3, 0.4) is 0 Å². The average molecular weight is 329 g/mol. The molecule has 2 heterocycles. The summed E-state index contributed by atoms with van der Waals surface area (Å²) in [4.78, 5) is 25.6. The van der Waals surface area contributed by atoms with Crippen LogP contribution in [0.5, 0.6) is 0 Å². The van der Waals surface area contributed by atoms with Crippen molar-refractivity contribution < 1.29 is 18.7 Å². The Labute approximate surface area is 139 Å². The van der Waals surface area contributed by atoms with Crippen molar-refractivity contribution in [1.82, 2.24) is 0 Å². The van der Waals surface area contributed by atoms with Crippen LogP contribution >= 0.6 is 0 Å². The number of amides is 2. The van der Waals surface area contributed by atoms with Gasteiger partial charge in [0.15, 0.2) is 11.6 Å². The quantitative estimate of drug-likeness (QED) is 0.899. The van der Waals surface area contributed by atoms with E-state index in [2.05, 4.69) is 15.5 Å². The van der Waals surface area contributed by atoms with E-state index in [1.54, 1.807) is 6.07 Å². The van der Waals surface area contributed by atoms with Crippen LogP contribution in [0.4, 0.5) is 17.3 Å². The minimum Gasteiger partial charge on any atom is -0.435 e. The van der Waals surface area contributed by atoms with Crippen molar-refractivity contribution in [3.05, 3.63) is 42.2 Å². The summed E-state index contributed by atoms with van der Waals surface area (Å²) in [5.74, 6) is -0.245. The topological polar surface area (TPSA) is 83.8 Å². The van der Waals surface area contributed by atoms with Crippen LogP contribution < -0.4 is 15.5 Å². The van der Waals surface area contributed by atoms with Crippen molar-refractivity contribution in [2.75, 3.05) is 41.8 Å². The lowest BCUT2D eigenvalue weighted by Gasteiger charge is -2.30. The van der Waals surface area contributed by atoms with E-state index in [0.717, 1.165) is 18.8 Å². The number of benzene rings is 1. The molecule has 1 saturated heterocycles. The Morgan fingerprint density at radius 3 is 2.54 bits per heavy atom. The summed E-state index contributed by atoms with van der Waals surface area (Å²) in [6.45, 7) is 4.27. The predicted octanol–water partition coefficient (Wildman–Crippen LogP) is 2.33. The van der Waals surface area contributed by atoms with Crippen molar-refractivity contribution in [3.8, 4) is 0 Å². The molecule has 0 atom stereocenters. The summed E-state index contributed by atoms with van der Waals surface area (Å²) in [6, 6.07) is 10.7. The molecule has 7 nitrogen and oxygen atoms in total. The van der Waals surface area contributed by atoms with E-state index in [1.807, 2.05) is 24.3 Å². The summed E-state index contributed by atoms with van der Waals surface area (Å²) >= 11 is 0. The van der Waals surface area contributed by atoms with Crippen LogP contribution in [0.2, 0.25) is 0 Å². The molecule has 2 amide bonds. The lowest BCUT2D eigenvalue weighted by atomic mass is 10.2. The molecular weight excluding hydrogens is 310 g/mol. The lowest BCUT2D eigenvalue weighted by molar-refractivity contribution is -0.114. The number of hydrogen-bond acceptors (Lipinski definition) is 5. The van der Waals surface area contributed by atoms with Gasteiger partial charge in [-0.25, -0.2) is 0 Å². The standard InChI is InChI=1S/C17H19N3O4/c1-12(21)18-16-7-6-15(24-16)17(22)19-13-4-2-3-5-14(13)20-8-10-23-11-9-20/h2-7H,8-11H2,1H3,(H,18,21)(H,19,22). The molecule has 24 heavy (non-hydrogen) atoms. The van der Waals surface area contributed by atoms with Crippen LogP contribution in [-0.2, 0) is 9.53 Å². The number of carbonyl (C=O) groups is 2. The maximum Gasteiger partial charge on any atom is 0.291 e. The van der Waals surface area contributed by atoms with Crippen molar-refractivity contribution in [2.45, 2.75) is 6.92 Å². The number of furan rings is 1. The number of para-hydroxylation sites is 2. The summed E-state index contributed by atoms with van der Waals surface area (Å²) in [5, 5.41) is 5.36. The lowest BCUT2D eigenvalue weighted by Crippen LogP contribution is -2.36. The van der Waals surface area contributed by atoms with Gasteiger partial charge in [-0.2, -0.15) is 0 Å². The highest BCUT2D eigenvalue weighted by Gasteiger charge is 2.18. The molecule has 0 spiro atoms. The van der Waals surface area contributed by atoms with Gasteiger partial charge in [0.05, 0.1) is 24.6 Å². The van der Waals surface area contributed by atoms with E-state index < -0.39 is 0 Å². The monoisotopic (exact) mass is 329 g/mol. The Balaban J connectivity index is 1.74. The molecule has 1 fully saturated rings. The molecule has 0 aliphatic carbocycles. The number of hydrogen-bond donors (Lipinski definition) is 2.